The number of hydrogen-bond acceptors (Lipinski definition) is 3. The van der Waals surface area contributed by atoms with Crippen LogP contribution in [0.3, 0.4) is 0 Å². The van der Waals surface area contributed by atoms with E-state index in [-0.39, 0.29) is 0 Å². The molecule has 0 rings (SSSR count). The van der Waals surface area contributed by atoms with E-state index in [1.165, 1.54) is 0 Å². The number of carbonyl (C=O) groups is 2. The molecule has 0 fully saturated rings. The molecular weight excluding hydrogens is 102 g/mol. The molecule has 7 heavy (non-hydrogen) atoms. The Morgan fingerprint density at radius 2 is 1.86 bits per heavy atom. The normalized spacial score (nSPS) is 7.43. The van der Waals surface area contributed by atoms with E-state index in [4.69, 9.17) is 10.0 Å². The van der Waals surface area contributed by atoms with Crippen molar-refractivity contribution in [2.75, 3.05) is 0 Å². The smallest absolute Gasteiger partial charge is 0.400 e. The molecular formula is C2HNO4. The molecule has 0 bridgehead atoms. The molecule has 0 heterocycles. The average molecular weight is 103 g/mol. The van der Waals surface area contributed by atoms with Crippen LogP contribution in [0.15, 0.2) is 5.18 Å². The van der Waals surface area contributed by atoms with Gasteiger partial charge in [-0.1, -0.05) is 0 Å². The molecule has 0 aliphatic rings. The fourth-order valence-corrected chi connectivity index (χ4v) is 0.0390. The number of rotatable bonds is 0. The van der Waals surface area contributed by atoms with Crippen LogP contribution in [-0.2, 0) is 9.59 Å². The lowest BCUT2D eigenvalue weighted by molar-refractivity contribution is -0.148. The predicted molar refractivity (Wildman–Crippen MR) is 18.4 cm³/mol. The number of amides is 1. The van der Waals surface area contributed by atoms with Gasteiger partial charge in [0, 0.05) is 5.18 Å². The Kier molecular flexibility index (Phi) is 1.65. The Morgan fingerprint density at radius 3 is 1.86 bits per heavy atom. The van der Waals surface area contributed by atoms with Gasteiger partial charge in [-0.05, 0) is 0 Å². The highest BCUT2D eigenvalue weighted by atomic mass is 16.4. The molecule has 0 aliphatic heterocycles. The van der Waals surface area contributed by atoms with E-state index in [0.717, 1.165) is 0 Å². The maximum atomic E-state index is 9.43. The second-order valence-corrected chi connectivity index (χ2v) is 0.702. The van der Waals surface area contributed by atoms with Crippen LogP contribution in [0.4, 0.5) is 0 Å². The molecule has 0 spiro atoms. The van der Waals surface area contributed by atoms with Crippen LogP contribution in [0, 0.1) is 4.91 Å². The lowest BCUT2D eigenvalue weighted by atomic mass is 10.7. The minimum absolute atomic E-state index is 1.60. The van der Waals surface area contributed by atoms with E-state index < -0.39 is 11.9 Å². The molecule has 0 saturated carbocycles. The van der Waals surface area contributed by atoms with Gasteiger partial charge in [0.05, 0.1) is 0 Å². The number of carbonyl (C=O) groups excluding carboxylic acids is 1. The van der Waals surface area contributed by atoms with Crippen LogP contribution in [0.25, 0.3) is 0 Å². The Morgan fingerprint density at radius 1 is 1.43 bits per heavy atom. The highest BCUT2D eigenvalue weighted by Gasteiger charge is 2.08. The van der Waals surface area contributed by atoms with Crippen molar-refractivity contribution in [2.45, 2.75) is 0 Å². The Hall–Kier alpha value is -1.26. The fourth-order valence-electron chi connectivity index (χ4n) is 0.0390. The molecule has 0 aromatic rings. The molecule has 0 unspecified atom stereocenters. The van der Waals surface area contributed by atoms with E-state index in [2.05, 4.69) is 0 Å². The summed E-state index contributed by atoms with van der Waals surface area (Å²) in [7, 11) is 0. The minimum Gasteiger partial charge on any atom is -0.474 e. The Labute approximate surface area is 37.9 Å². The number of nitroso groups, excluding NO2 is 1. The highest BCUT2D eigenvalue weighted by molar-refractivity contribution is 6.31. The van der Waals surface area contributed by atoms with Crippen LogP contribution in [0.5, 0.6) is 0 Å². The first kappa shape index (κ1) is 5.74. The van der Waals surface area contributed by atoms with E-state index in [1.54, 1.807) is 5.18 Å². The third-order valence-corrected chi connectivity index (χ3v) is 0.266. The van der Waals surface area contributed by atoms with Gasteiger partial charge in [0.1, 0.15) is 0 Å². The molecule has 0 aromatic carbocycles. The standard InChI is InChI=1S/C2HNO4/c4-1(3-7)2(5)6/h(H,5,6). The second-order valence-electron chi connectivity index (χ2n) is 0.702. The van der Waals surface area contributed by atoms with Gasteiger partial charge in [-0.3, -0.25) is 4.79 Å². The zero-order valence-electron chi connectivity index (χ0n) is 3.12. The number of carboxylic acid groups (broad SMARTS) is 1. The third kappa shape index (κ3) is 1.58. The number of carboxylic acids is 1. The lowest BCUT2D eigenvalue weighted by Gasteiger charge is -1.71. The first-order valence-corrected chi connectivity index (χ1v) is 1.29. The van der Waals surface area contributed by atoms with Gasteiger partial charge in [0.25, 0.3) is 0 Å². The van der Waals surface area contributed by atoms with Gasteiger partial charge >= 0.3 is 11.9 Å². The molecule has 1 N–H and O–H groups in total. The van der Waals surface area contributed by atoms with Crippen molar-refractivity contribution in [1.29, 1.82) is 0 Å². The zero-order chi connectivity index (χ0) is 5.86. The molecule has 0 aliphatic carbocycles. The quantitative estimate of drug-likeness (QED) is 0.326. The lowest BCUT2D eigenvalue weighted by Crippen LogP contribution is -2.07. The molecule has 1 amide bonds. The van der Waals surface area contributed by atoms with E-state index in [0.29, 0.717) is 0 Å². The summed E-state index contributed by atoms with van der Waals surface area (Å²) in [5.74, 6) is -3.49. The SMILES string of the molecule is O=NC(=O)C(=O)O. The van der Waals surface area contributed by atoms with Crippen molar-refractivity contribution in [1.82, 2.24) is 0 Å². The topological polar surface area (TPSA) is 83.8 Å². The molecule has 5 heteroatoms. The van der Waals surface area contributed by atoms with E-state index in [1.807, 2.05) is 0 Å². The first-order valence-electron chi connectivity index (χ1n) is 1.29. The van der Waals surface area contributed by atoms with Crippen LogP contribution in [0.1, 0.15) is 0 Å². The van der Waals surface area contributed by atoms with Gasteiger partial charge in [-0.2, -0.15) is 0 Å². The molecule has 0 aromatic heterocycles. The molecule has 38 valence electrons. The number of nitrogens with zero attached hydrogens (tertiary/aromatic N) is 1. The summed E-state index contributed by atoms with van der Waals surface area (Å²) in [4.78, 5) is 27.7. The summed E-state index contributed by atoms with van der Waals surface area (Å²) in [6.07, 6.45) is 0. The maximum absolute atomic E-state index is 9.43. The predicted octanol–water partition coefficient (Wildman–Crippen LogP) is -0.636. The molecule has 0 atom stereocenters. The zero-order valence-corrected chi connectivity index (χ0v) is 3.12. The van der Waals surface area contributed by atoms with Crippen molar-refractivity contribution in [2.24, 2.45) is 5.18 Å². The summed E-state index contributed by atoms with van der Waals surface area (Å²) < 4.78 is 0. The third-order valence-electron chi connectivity index (χ3n) is 0.266. The Bertz CT molecular complexity index is 117. The molecule has 0 radical (unpaired) electrons. The van der Waals surface area contributed by atoms with Crippen LogP contribution in [-0.4, -0.2) is 17.0 Å². The Balaban J connectivity index is 3.81. The van der Waals surface area contributed by atoms with Crippen LogP contribution in [0.2, 0.25) is 0 Å². The van der Waals surface area contributed by atoms with E-state index in [9.17, 15) is 9.59 Å². The minimum atomic E-state index is -1.82. The van der Waals surface area contributed by atoms with E-state index >= 15 is 0 Å². The van der Waals surface area contributed by atoms with Gasteiger partial charge in [-0.25, -0.2) is 4.79 Å². The first-order chi connectivity index (χ1) is 3.18. The van der Waals surface area contributed by atoms with Crippen molar-refractivity contribution in [3.8, 4) is 0 Å². The summed E-state index contributed by atoms with van der Waals surface area (Å²) in [5.41, 5.74) is 0. The second kappa shape index (κ2) is 2.01. The summed E-state index contributed by atoms with van der Waals surface area (Å²) in [6.45, 7) is 0. The summed E-state index contributed by atoms with van der Waals surface area (Å²) in [6, 6.07) is 0. The van der Waals surface area contributed by atoms with Crippen molar-refractivity contribution >= 4 is 11.9 Å². The van der Waals surface area contributed by atoms with Gasteiger partial charge in [0.15, 0.2) is 0 Å². The van der Waals surface area contributed by atoms with Crippen molar-refractivity contribution < 1.29 is 14.7 Å². The largest absolute Gasteiger partial charge is 0.474 e. The average Bonchev–Trinajstić information content (AvgIpc) is 1.65. The fraction of sp³-hybridized carbons (Fsp3) is 0. The maximum Gasteiger partial charge on any atom is 0.400 e. The van der Waals surface area contributed by atoms with Crippen molar-refractivity contribution in [3.63, 3.8) is 0 Å². The number of aliphatic carboxylic acids is 1. The highest BCUT2D eigenvalue weighted by Crippen LogP contribution is 1.68. The van der Waals surface area contributed by atoms with Gasteiger partial charge in [0.2, 0.25) is 0 Å². The van der Waals surface area contributed by atoms with Crippen LogP contribution < -0.4 is 0 Å². The summed E-state index contributed by atoms with van der Waals surface area (Å²) in [5, 5.41) is 9.14. The number of hydrogen-bond donors (Lipinski definition) is 1. The van der Waals surface area contributed by atoms with Crippen molar-refractivity contribution in [3.05, 3.63) is 4.91 Å². The monoisotopic (exact) mass is 103 g/mol. The van der Waals surface area contributed by atoms with Gasteiger partial charge < -0.3 is 5.11 Å². The summed E-state index contributed by atoms with van der Waals surface area (Å²) >= 11 is 0. The molecule has 0 saturated heterocycles. The van der Waals surface area contributed by atoms with Crippen LogP contribution >= 0.6 is 0 Å². The van der Waals surface area contributed by atoms with Gasteiger partial charge in [-0.15, -0.1) is 4.91 Å². The molecule has 5 nitrogen and oxygen atoms in total.